The zero-order valence-electron chi connectivity index (χ0n) is 9.94. The summed E-state index contributed by atoms with van der Waals surface area (Å²) in [7, 11) is 3.05. The smallest absolute Gasteiger partial charge is 0.240 e. The van der Waals surface area contributed by atoms with Gasteiger partial charge in [-0.05, 0) is 12.1 Å². The Morgan fingerprint density at radius 2 is 2.11 bits per heavy atom. The molecule has 0 aliphatic heterocycles. The molecule has 0 amide bonds. The Labute approximate surface area is 109 Å². The number of nitrogens with zero attached hydrogens (tertiary/aromatic N) is 2. The molecule has 0 fully saturated rings. The normalized spacial score (nSPS) is 10.4. The summed E-state index contributed by atoms with van der Waals surface area (Å²) in [5, 5.41) is 4.16. The Hall–Kier alpha value is -1.79. The van der Waals surface area contributed by atoms with Crippen LogP contribution in [0.1, 0.15) is 5.89 Å². The van der Waals surface area contributed by atoms with Gasteiger partial charge < -0.3 is 19.7 Å². The molecule has 0 saturated heterocycles. The Morgan fingerprint density at radius 3 is 2.67 bits per heavy atom. The van der Waals surface area contributed by atoms with E-state index < -0.39 is 0 Å². The molecule has 96 valence electrons. The maximum atomic E-state index is 6.22. The standard InChI is InChI=1S/C11H12ClN3O3/c1-16-7-4-3-6(9(12)10(7)17-2)11-14-8(5-13)18-15-11/h3-4H,5,13H2,1-2H3. The first-order chi connectivity index (χ1) is 8.71. The number of hydrogen-bond donors (Lipinski definition) is 1. The van der Waals surface area contributed by atoms with Gasteiger partial charge in [0.2, 0.25) is 11.7 Å². The largest absolute Gasteiger partial charge is 0.493 e. The summed E-state index contributed by atoms with van der Waals surface area (Å²) in [6.07, 6.45) is 0. The van der Waals surface area contributed by atoms with E-state index in [9.17, 15) is 0 Å². The highest BCUT2D eigenvalue weighted by Crippen LogP contribution is 2.40. The SMILES string of the molecule is COc1ccc(-c2noc(CN)n2)c(Cl)c1OC. The summed E-state index contributed by atoms with van der Waals surface area (Å²) in [6.45, 7) is 0.178. The van der Waals surface area contributed by atoms with E-state index in [1.807, 2.05) is 0 Å². The summed E-state index contributed by atoms with van der Waals surface area (Å²) in [6, 6.07) is 3.45. The monoisotopic (exact) mass is 269 g/mol. The first kappa shape index (κ1) is 12.7. The van der Waals surface area contributed by atoms with Crippen molar-refractivity contribution in [2.24, 2.45) is 5.73 Å². The van der Waals surface area contributed by atoms with Gasteiger partial charge >= 0.3 is 0 Å². The molecule has 0 bridgehead atoms. The Morgan fingerprint density at radius 1 is 1.33 bits per heavy atom. The number of benzene rings is 1. The molecule has 0 unspecified atom stereocenters. The van der Waals surface area contributed by atoms with Crippen molar-refractivity contribution in [3.05, 3.63) is 23.0 Å². The lowest BCUT2D eigenvalue weighted by Gasteiger charge is -2.10. The van der Waals surface area contributed by atoms with Crippen molar-refractivity contribution in [3.8, 4) is 22.9 Å². The Bertz CT molecular complexity index is 556. The van der Waals surface area contributed by atoms with Crippen molar-refractivity contribution in [2.75, 3.05) is 14.2 Å². The molecule has 6 nitrogen and oxygen atoms in total. The molecule has 1 heterocycles. The van der Waals surface area contributed by atoms with Gasteiger partial charge in [0.1, 0.15) is 0 Å². The predicted octanol–water partition coefficient (Wildman–Crippen LogP) is 1.87. The fourth-order valence-corrected chi connectivity index (χ4v) is 1.83. The molecule has 2 aromatic rings. The highest BCUT2D eigenvalue weighted by Gasteiger charge is 2.17. The molecule has 0 aliphatic rings. The van der Waals surface area contributed by atoms with E-state index in [0.717, 1.165) is 0 Å². The van der Waals surface area contributed by atoms with Crippen LogP contribution in [0.4, 0.5) is 0 Å². The van der Waals surface area contributed by atoms with Gasteiger partial charge in [-0.3, -0.25) is 0 Å². The van der Waals surface area contributed by atoms with Gasteiger partial charge in [-0.25, -0.2) is 0 Å². The van der Waals surface area contributed by atoms with Crippen molar-refractivity contribution < 1.29 is 14.0 Å². The van der Waals surface area contributed by atoms with Gasteiger partial charge in [-0.2, -0.15) is 4.98 Å². The molecule has 2 rings (SSSR count). The van der Waals surface area contributed by atoms with Crippen LogP contribution in [0.5, 0.6) is 11.5 Å². The maximum absolute atomic E-state index is 6.22. The third-order valence-corrected chi connectivity index (χ3v) is 2.74. The first-order valence-corrected chi connectivity index (χ1v) is 5.52. The van der Waals surface area contributed by atoms with Crippen LogP contribution in [0.2, 0.25) is 5.02 Å². The average molecular weight is 270 g/mol. The first-order valence-electron chi connectivity index (χ1n) is 5.14. The van der Waals surface area contributed by atoms with Crippen molar-refractivity contribution >= 4 is 11.6 Å². The second kappa shape index (κ2) is 5.24. The average Bonchev–Trinajstić information content (AvgIpc) is 2.86. The van der Waals surface area contributed by atoms with Crippen molar-refractivity contribution in [2.45, 2.75) is 6.54 Å². The van der Waals surface area contributed by atoms with Crippen molar-refractivity contribution in [1.82, 2.24) is 10.1 Å². The molecule has 1 aromatic heterocycles. The van der Waals surface area contributed by atoms with Crippen LogP contribution in [-0.4, -0.2) is 24.4 Å². The van der Waals surface area contributed by atoms with Crippen LogP contribution in [0, 0.1) is 0 Å². The van der Waals surface area contributed by atoms with Gasteiger partial charge in [0.15, 0.2) is 11.5 Å². The lowest BCUT2D eigenvalue weighted by atomic mass is 10.2. The molecule has 0 saturated carbocycles. The molecule has 1 aromatic carbocycles. The van der Waals surface area contributed by atoms with E-state index >= 15 is 0 Å². The van der Waals surface area contributed by atoms with Crippen LogP contribution in [0.3, 0.4) is 0 Å². The van der Waals surface area contributed by atoms with Gasteiger partial charge in [-0.1, -0.05) is 16.8 Å². The van der Waals surface area contributed by atoms with Crippen molar-refractivity contribution in [1.29, 1.82) is 0 Å². The van der Waals surface area contributed by atoms with Gasteiger partial charge in [-0.15, -0.1) is 0 Å². The number of aromatic nitrogens is 2. The topological polar surface area (TPSA) is 83.4 Å². The molecule has 7 heteroatoms. The van der Waals surface area contributed by atoms with E-state index in [1.54, 1.807) is 12.1 Å². The summed E-state index contributed by atoms with van der Waals surface area (Å²) in [5.74, 6) is 1.67. The van der Waals surface area contributed by atoms with E-state index in [4.69, 9.17) is 31.3 Å². The summed E-state index contributed by atoms with van der Waals surface area (Å²) < 4.78 is 15.3. The van der Waals surface area contributed by atoms with Gasteiger partial charge in [0, 0.05) is 5.56 Å². The second-order valence-corrected chi connectivity index (χ2v) is 3.76. The molecule has 18 heavy (non-hydrogen) atoms. The summed E-state index contributed by atoms with van der Waals surface area (Å²) >= 11 is 6.22. The van der Waals surface area contributed by atoms with E-state index in [2.05, 4.69) is 10.1 Å². The van der Waals surface area contributed by atoms with Crippen LogP contribution >= 0.6 is 11.6 Å². The van der Waals surface area contributed by atoms with Crippen LogP contribution in [0.15, 0.2) is 16.7 Å². The number of hydrogen-bond acceptors (Lipinski definition) is 6. The summed E-state index contributed by atoms with van der Waals surface area (Å²) in [4.78, 5) is 4.11. The van der Waals surface area contributed by atoms with Gasteiger partial charge in [0.05, 0.1) is 25.8 Å². The quantitative estimate of drug-likeness (QED) is 0.912. The molecule has 0 atom stereocenters. The lowest BCUT2D eigenvalue weighted by molar-refractivity contribution is 0.355. The number of methoxy groups -OCH3 is 2. The molecule has 0 radical (unpaired) electrons. The predicted molar refractivity (Wildman–Crippen MR) is 65.7 cm³/mol. The maximum Gasteiger partial charge on any atom is 0.240 e. The van der Waals surface area contributed by atoms with E-state index in [0.29, 0.717) is 33.8 Å². The fraction of sp³-hybridized carbons (Fsp3) is 0.273. The molecular weight excluding hydrogens is 258 g/mol. The second-order valence-electron chi connectivity index (χ2n) is 3.38. The number of ether oxygens (including phenoxy) is 2. The molecular formula is C11H12ClN3O3. The minimum Gasteiger partial charge on any atom is -0.493 e. The minimum atomic E-state index is 0.178. The number of nitrogens with two attached hydrogens (primary N) is 1. The minimum absolute atomic E-state index is 0.178. The van der Waals surface area contributed by atoms with Crippen LogP contribution < -0.4 is 15.2 Å². The Balaban J connectivity index is 2.51. The third kappa shape index (κ3) is 2.12. The summed E-state index contributed by atoms with van der Waals surface area (Å²) in [5.41, 5.74) is 6.00. The highest BCUT2D eigenvalue weighted by atomic mass is 35.5. The number of halogens is 1. The zero-order valence-corrected chi connectivity index (χ0v) is 10.7. The highest BCUT2D eigenvalue weighted by molar-refractivity contribution is 6.35. The van der Waals surface area contributed by atoms with Gasteiger partial charge in [0.25, 0.3) is 0 Å². The zero-order chi connectivity index (χ0) is 13.1. The fourth-order valence-electron chi connectivity index (χ4n) is 1.51. The van der Waals surface area contributed by atoms with Crippen LogP contribution in [0.25, 0.3) is 11.4 Å². The third-order valence-electron chi connectivity index (χ3n) is 2.37. The van der Waals surface area contributed by atoms with E-state index in [-0.39, 0.29) is 6.54 Å². The molecule has 0 spiro atoms. The van der Waals surface area contributed by atoms with E-state index in [1.165, 1.54) is 14.2 Å². The molecule has 0 aliphatic carbocycles. The Kier molecular flexibility index (Phi) is 3.69. The van der Waals surface area contributed by atoms with Crippen LogP contribution in [-0.2, 0) is 6.54 Å². The van der Waals surface area contributed by atoms with Crippen molar-refractivity contribution in [3.63, 3.8) is 0 Å². The molecule has 2 N–H and O–H groups in total. The lowest BCUT2D eigenvalue weighted by Crippen LogP contribution is -1.96. The number of rotatable bonds is 4.